The second kappa shape index (κ2) is 11.5. The van der Waals surface area contributed by atoms with Gasteiger partial charge in [-0.3, -0.25) is 0 Å². The average Bonchev–Trinajstić information content (AvgIpc) is 2.72. The van der Waals surface area contributed by atoms with E-state index >= 15 is 0 Å². The van der Waals surface area contributed by atoms with Gasteiger partial charge in [0, 0.05) is 0 Å². The first-order chi connectivity index (χ1) is 13.7. The summed E-state index contributed by atoms with van der Waals surface area (Å²) in [6.45, 7) is 8.36. The lowest BCUT2D eigenvalue weighted by Crippen LogP contribution is -2.00. The summed E-state index contributed by atoms with van der Waals surface area (Å²) in [5, 5.41) is 0. The molecule has 0 unspecified atom stereocenters. The van der Waals surface area contributed by atoms with Crippen molar-refractivity contribution in [3.63, 3.8) is 0 Å². The van der Waals surface area contributed by atoms with Crippen molar-refractivity contribution in [1.29, 1.82) is 0 Å². The van der Waals surface area contributed by atoms with Crippen molar-refractivity contribution < 1.29 is 18.9 Å². The molecular formula is C24H28O4. The SMILES string of the molecule is C=CCc1ccc(OC/C=C/COc2ccc(CC=C)cc2OC)c(OC)c1. The van der Waals surface area contributed by atoms with Gasteiger partial charge in [-0.1, -0.05) is 24.3 Å². The molecule has 0 radical (unpaired) electrons. The molecule has 0 amide bonds. The Labute approximate surface area is 167 Å². The Morgan fingerprint density at radius 1 is 0.679 bits per heavy atom. The molecule has 4 heteroatoms. The van der Waals surface area contributed by atoms with Crippen molar-refractivity contribution in [3.05, 3.63) is 85.0 Å². The van der Waals surface area contributed by atoms with Crippen LogP contribution in [0.3, 0.4) is 0 Å². The summed E-state index contributed by atoms with van der Waals surface area (Å²) in [6.07, 6.45) is 9.14. The Kier molecular flexibility index (Phi) is 8.73. The van der Waals surface area contributed by atoms with Crippen molar-refractivity contribution in [2.45, 2.75) is 12.8 Å². The smallest absolute Gasteiger partial charge is 0.161 e. The largest absolute Gasteiger partial charge is 0.493 e. The lowest BCUT2D eigenvalue weighted by atomic mass is 10.1. The highest BCUT2D eigenvalue weighted by molar-refractivity contribution is 5.44. The average molecular weight is 380 g/mol. The Balaban J connectivity index is 1.85. The lowest BCUT2D eigenvalue weighted by Gasteiger charge is -2.11. The van der Waals surface area contributed by atoms with Crippen LogP contribution in [0.2, 0.25) is 0 Å². The van der Waals surface area contributed by atoms with E-state index < -0.39 is 0 Å². The van der Waals surface area contributed by atoms with Crippen LogP contribution in [-0.4, -0.2) is 27.4 Å². The normalized spacial score (nSPS) is 10.5. The molecule has 0 atom stereocenters. The third-order valence-electron chi connectivity index (χ3n) is 4.05. The highest BCUT2D eigenvalue weighted by atomic mass is 16.5. The summed E-state index contributed by atoms with van der Waals surface area (Å²) in [5.74, 6) is 2.85. The molecule has 4 nitrogen and oxygen atoms in total. The van der Waals surface area contributed by atoms with Crippen LogP contribution in [0.5, 0.6) is 23.0 Å². The van der Waals surface area contributed by atoms with Crippen LogP contribution in [0, 0.1) is 0 Å². The van der Waals surface area contributed by atoms with Gasteiger partial charge in [-0.2, -0.15) is 0 Å². The van der Waals surface area contributed by atoms with E-state index in [-0.39, 0.29) is 0 Å². The molecule has 0 saturated carbocycles. The summed E-state index contributed by atoms with van der Waals surface area (Å²) >= 11 is 0. The molecular weight excluding hydrogens is 352 g/mol. The molecule has 0 bridgehead atoms. The molecule has 0 aliphatic heterocycles. The molecule has 0 heterocycles. The highest BCUT2D eigenvalue weighted by Gasteiger charge is 2.05. The molecule has 2 rings (SSSR count). The van der Waals surface area contributed by atoms with E-state index in [4.69, 9.17) is 18.9 Å². The first-order valence-electron chi connectivity index (χ1n) is 9.18. The van der Waals surface area contributed by atoms with E-state index in [9.17, 15) is 0 Å². The number of ether oxygens (including phenoxy) is 4. The Morgan fingerprint density at radius 3 is 1.46 bits per heavy atom. The Bertz CT molecular complexity index is 741. The molecule has 0 fully saturated rings. The highest BCUT2D eigenvalue weighted by Crippen LogP contribution is 2.29. The number of hydrogen-bond donors (Lipinski definition) is 0. The number of methoxy groups -OCH3 is 2. The van der Waals surface area contributed by atoms with Crippen molar-refractivity contribution in [2.24, 2.45) is 0 Å². The maximum atomic E-state index is 5.77. The summed E-state index contributed by atoms with van der Waals surface area (Å²) in [5.41, 5.74) is 2.27. The summed E-state index contributed by atoms with van der Waals surface area (Å²) in [4.78, 5) is 0. The predicted molar refractivity (Wildman–Crippen MR) is 114 cm³/mol. The van der Waals surface area contributed by atoms with E-state index in [0.29, 0.717) is 36.2 Å². The van der Waals surface area contributed by atoms with E-state index in [2.05, 4.69) is 13.2 Å². The van der Waals surface area contributed by atoms with E-state index in [1.165, 1.54) is 0 Å². The second-order valence-electron chi connectivity index (χ2n) is 6.05. The monoisotopic (exact) mass is 380 g/mol. The molecule has 0 aliphatic carbocycles. The Morgan fingerprint density at radius 2 is 1.11 bits per heavy atom. The second-order valence-corrected chi connectivity index (χ2v) is 6.05. The van der Waals surface area contributed by atoms with Gasteiger partial charge in [0.25, 0.3) is 0 Å². The van der Waals surface area contributed by atoms with Crippen LogP contribution in [0.1, 0.15) is 11.1 Å². The molecule has 2 aromatic carbocycles. The van der Waals surface area contributed by atoms with Crippen molar-refractivity contribution in [1.82, 2.24) is 0 Å². The predicted octanol–water partition coefficient (Wildman–Crippen LogP) is 5.17. The molecule has 0 saturated heterocycles. The zero-order valence-corrected chi connectivity index (χ0v) is 16.6. The van der Waals surface area contributed by atoms with E-state index in [1.54, 1.807) is 14.2 Å². The lowest BCUT2D eigenvalue weighted by molar-refractivity contribution is 0.318. The third kappa shape index (κ3) is 6.23. The molecule has 0 spiro atoms. The van der Waals surface area contributed by atoms with Crippen LogP contribution >= 0.6 is 0 Å². The van der Waals surface area contributed by atoms with Crippen LogP contribution < -0.4 is 18.9 Å². The first kappa shape index (κ1) is 21.2. The van der Waals surface area contributed by atoms with E-state index in [1.807, 2.05) is 60.7 Å². The number of rotatable bonds is 12. The molecule has 0 aromatic heterocycles. The van der Waals surface area contributed by atoms with Gasteiger partial charge in [0.1, 0.15) is 13.2 Å². The standard InChI is InChI=1S/C24H28O4/c1-5-9-19-11-13-21(23(17-19)25-3)27-15-7-8-16-28-22-14-12-20(10-6-2)18-24(22)26-4/h5-8,11-14,17-18H,1-2,9-10,15-16H2,3-4H3/b8-7+. The third-order valence-corrected chi connectivity index (χ3v) is 4.05. The number of hydrogen-bond acceptors (Lipinski definition) is 4. The van der Waals surface area contributed by atoms with Gasteiger partial charge < -0.3 is 18.9 Å². The quantitative estimate of drug-likeness (QED) is 0.476. The summed E-state index contributed by atoms with van der Waals surface area (Å²) < 4.78 is 22.3. The molecule has 148 valence electrons. The van der Waals surface area contributed by atoms with Gasteiger partial charge in [-0.15, -0.1) is 13.2 Å². The zero-order chi connectivity index (χ0) is 20.2. The fourth-order valence-electron chi connectivity index (χ4n) is 2.66. The fraction of sp³-hybridized carbons (Fsp3) is 0.250. The summed E-state index contributed by atoms with van der Waals surface area (Å²) in [7, 11) is 3.27. The van der Waals surface area contributed by atoms with Crippen LogP contribution in [0.15, 0.2) is 73.9 Å². The van der Waals surface area contributed by atoms with Crippen LogP contribution in [0.25, 0.3) is 0 Å². The van der Waals surface area contributed by atoms with Crippen LogP contribution in [0.4, 0.5) is 0 Å². The Hall–Kier alpha value is -3.14. The maximum Gasteiger partial charge on any atom is 0.161 e. The minimum absolute atomic E-state index is 0.427. The van der Waals surface area contributed by atoms with Crippen molar-refractivity contribution in [2.75, 3.05) is 27.4 Å². The zero-order valence-electron chi connectivity index (χ0n) is 16.6. The number of allylic oxidation sites excluding steroid dienone is 2. The van der Waals surface area contributed by atoms with E-state index in [0.717, 1.165) is 24.0 Å². The van der Waals surface area contributed by atoms with Gasteiger partial charge in [0.2, 0.25) is 0 Å². The van der Waals surface area contributed by atoms with Gasteiger partial charge in [0.05, 0.1) is 14.2 Å². The summed E-state index contributed by atoms with van der Waals surface area (Å²) in [6, 6.07) is 11.8. The molecule has 28 heavy (non-hydrogen) atoms. The minimum Gasteiger partial charge on any atom is -0.493 e. The number of benzene rings is 2. The molecule has 0 aliphatic rings. The minimum atomic E-state index is 0.427. The first-order valence-corrected chi connectivity index (χ1v) is 9.18. The van der Waals surface area contributed by atoms with Gasteiger partial charge in [0.15, 0.2) is 23.0 Å². The van der Waals surface area contributed by atoms with Crippen molar-refractivity contribution >= 4 is 0 Å². The van der Waals surface area contributed by atoms with Gasteiger partial charge in [-0.05, 0) is 60.4 Å². The fourth-order valence-corrected chi connectivity index (χ4v) is 2.66. The maximum absolute atomic E-state index is 5.77. The van der Waals surface area contributed by atoms with Gasteiger partial charge >= 0.3 is 0 Å². The van der Waals surface area contributed by atoms with Crippen LogP contribution in [-0.2, 0) is 12.8 Å². The van der Waals surface area contributed by atoms with Crippen molar-refractivity contribution in [3.8, 4) is 23.0 Å². The topological polar surface area (TPSA) is 36.9 Å². The van der Waals surface area contributed by atoms with Gasteiger partial charge in [-0.25, -0.2) is 0 Å². The molecule has 0 N–H and O–H groups in total. The molecule has 2 aromatic rings.